The lowest BCUT2D eigenvalue weighted by atomic mass is 9.94. The average Bonchev–Trinajstić information content (AvgIpc) is 3.16. The quantitative estimate of drug-likeness (QED) is 0.171. The smallest absolute Gasteiger partial charge is 0.295 e. The van der Waals surface area contributed by atoms with Gasteiger partial charge < -0.3 is 24.4 Å². The van der Waals surface area contributed by atoms with Crippen LogP contribution in [0.15, 0.2) is 91.0 Å². The van der Waals surface area contributed by atoms with Crippen LogP contribution in [-0.4, -0.2) is 60.4 Å². The minimum atomic E-state index is -0.772. The van der Waals surface area contributed by atoms with E-state index in [0.29, 0.717) is 48.1 Å². The van der Waals surface area contributed by atoms with Gasteiger partial charge in [0.1, 0.15) is 29.6 Å². The van der Waals surface area contributed by atoms with Crippen molar-refractivity contribution in [3.05, 3.63) is 108 Å². The molecule has 3 aromatic carbocycles. The zero-order valence-electron chi connectivity index (χ0n) is 21.9. The topological polar surface area (TPSA) is 79.3 Å². The Morgan fingerprint density at radius 2 is 1.76 bits per heavy atom. The van der Waals surface area contributed by atoms with E-state index in [1.54, 1.807) is 30.3 Å². The maximum Gasteiger partial charge on any atom is 0.295 e. The molecule has 7 heteroatoms. The molecule has 0 aromatic heterocycles. The van der Waals surface area contributed by atoms with Crippen LogP contribution in [0.5, 0.6) is 17.2 Å². The number of ketones is 1. The first-order chi connectivity index (χ1) is 18.3. The lowest BCUT2D eigenvalue weighted by molar-refractivity contribution is -0.140. The highest BCUT2D eigenvalue weighted by Crippen LogP contribution is 2.41. The number of aryl methyl sites for hydroxylation is 1. The number of aliphatic hydroxyl groups excluding tert-OH is 1. The highest BCUT2D eigenvalue weighted by atomic mass is 16.5. The summed E-state index contributed by atoms with van der Waals surface area (Å²) in [5, 5.41) is 11.4. The molecular weight excluding hydrogens is 480 g/mol. The number of benzene rings is 3. The molecule has 0 aliphatic carbocycles. The van der Waals surface area contributed by atoms with E-state index in [4.69, 9.17) is 9.47 Å². The number of Topliss-reactive ketones (excluding diaryl/α,β-unsaturated/α-hetero) is 1. The third-order valence-corrected chi connectivity index (χ3v) is 6.29. The van der Waals surface area contributed by atoms with Crippen molar-refractivity contribution in [3.8, 4) is 17.2 Å². The summed E-state index contributed by atoms with van der Waals surface area (Å²) in [6.45, 7) is 6.74. The van der Waals surface area contributed by atoms with Crippen LogP contribution in [0.2, 0.25) is 0 Å². The van der Waals surface area contributed by atoms with Crippen molar-refractivity contribution in [1.82, 2.24) is 9.80 Å². The Bertz CT molecular complexity index is 1360. The molecule has 1 amide bonds. The molecule has 196 valence electrons. The molecule has 1 aliphatic rings. The second-order valence-corrected chi connectivity index (χ2v) is 9.36. The molecule has 1 N–H and O–H groups in total. The molecule has 0 saturated carbocycles. The van der Waals surface area contributed by atoms with Gasteiger partial charge in [-0.25, -0.2) is 0 Å². The Morgan fingerprint density at radius 1 is 1.03 bits per heavy atom. The summed E-state index contributed by atoms with van der Waals surface area (Å²) < 4.78 is 11.7. The van der Waals surface area contributed by atoms with Crippen molar-refractivity contribution in [1.29, 1.82) is 0 Å². The predicted octanol–water partition coefficient (Wildman–Crippen LogP) is 5.34. The van der Waals surface area contributed by atoms with Gasteiger partial charge in [0.15, 0.2) is 0 Å². The second-order valence-electron chi connectivity index (χ2n) is 9.36. The van der Waals surface area contributed by atoms with Gasteiger partial charge in [-0.1, -0.05) is 43.0 Å². The number of carbonyl (C=O) groups is 2. The zero-order chi connectivity index (χ0) is 27.2. The molecule has 7 nitrogen and oxygen atoms in total. The van der Waals surface area contributed by atoms with Crippen molar-refractivity contribution in [2.24, 2.45) is 0 Å². The minimum Gasteiger partial charge on any atom is -0.507 e. The number of para-hydroxylation sites is 1. The molecule has 0 radical (unpaired) electrons. The number of likely N-dealkylation sites (tertiary alicyclic amines) is 1. The Hall–Kier alpha value is -4.36. The van der Waals surface area contributed by atoms with E-state index in [2.05, 4.69) is 6.58 Å². The van der Waals surface area contributed by atoms with Crippen LogP contribution in [0.25, 0.3) is 5.76 Å². The van der Waals surface area contributed by atoms with E-state index < -0.39 is 17.7 Å². The Balaban J connectivity index is 1.78. The van der Waals surface area contributed by atoms with Gasteiger partial charge in [-0.3, -0.25) is 9.59 Å². The molecular formula is C31H32N2O5. The van der Waals surface area contributed by atoms with Crippen LogP contribution in [0, 0.1) is 6.92 Å². The molecule has 1 atom stereocenters. The molecule has 0 spiro atoms. The summed E-state index contributed by atoms with van der Waals surface area (Å²) in [6.07, 6.45) is 1.65. The van der Waals surface area contributed by atoms with Gasteiger partial charge in [0.05, 0.1) is 11.6 Å². The van der Waals surface area contributed by atoms with Crippen molar-refractivity contribution in [3.63, 3.8) is 0 Å². The number of ether oxygens (including phenoxy) is 2. The maximum absolute atomic E-state index is 13.3. The molecule has 0 bridgehead atoms. The fourth-order valence-electron chi connectivity index (χ4n) is 4.40. The molecule has 38 heavy (non-hydrogen) atoms. The number of amides is 1. The van der Waals surface area contributed by atoms with Gasteiger partial charge in [-0.15, -0.1) is 0 Å². The number of hydrogen-bond donors (Lipinski definition) is 1. The summed E-state index contributed by atoms with van der Waals surface area (Å²) >= 11 is 0. The van der Waals surface area contributed by atoms with E-state index >= 15 is 0 Å². The van der Waals surface area contributed by atoms with E-state index in [-0.39, 0.29) is 11.3 Å². The van der Waals surface area contributed by atoms with E-state index in [9.17, 15) is 14.7 Å². The second kappa shape index (κ2) is 11.8. The van der Waals surface area contributed by atoms with Crippen molar-refractivity contribution >= 4 is 17.4 Å². The zero-order valence-corrected chi connectivity index (χ0v) is 21.9. The average molecular weight is 513 g/mol. The first-order valence-corrected chi connectivity index (χ1v) is 12.4. The molecule has 1 aliphatic heterocycles. The number of hydrogen-bond acceptors (Lipinski definition) is 6. The van der Waals surface area contributed by atoms with Crippen LogP contribution in [0.1, 0.15) is 22.7 Å². The standard InChI is InChI=1S/C31H32N2O5/c1-5-18-37-26-15-14-23(19-21(26)2)29(34)27-28(33(17-16-32(3)4)31(36)30(27)35)22-10-9-13-25(20-22)38-24-11-7-6-8-12-24/h5-15,19-20,28,34H,1,16-18H2,2-4H3/b29-27+. The van der Waals surface area contributed by atoms with Gasteiger partial charge in [0.2, 0.25) is 0 Å². The maximum atomic E-state index is 13.3. The Kier molecular flexibility index (Phi) is 8.28. The van der Waals surface area contributed by atoms with E-state index in [1.807, 2.05) is 74.4 Å². The van der Waals surface area contributed by atoms with Crippen molar-refractivity contribution < 1.29 is 24.2 Å². The summed E-state index contributed by atoms with van der Waals surface area (Å²) in [7, 11) is 3.80. The Morgan fingerprint density at radius 3 is 2.45 bits per heavy atom. The largest absolute Gasteiger partial charge is 0.507 e. The third-order valence-electron chi connectivity index (χ3n) is 6.29. The van der Waals surface area contributed by atoms with Crippen LogP contribution in [0.3, 0.4) is 0 Å². The first kappa shape index (κ1) is 26.7. The summed E-state index contributed by atoms with van der Waals surface area (Å²) in [5.74, 6) is 0.288. The normalized spacial score (nSPS) is 16.6. The molecule has 3 aromatic rings. The molecule has 1 unspecified atom stereocenters. The van der Waals surface area contributed by atoms with Crippen molar-refractivity contribution in [2.75, 3.05) is 33.8 Å². The molecule has 1 saturated heterocycles. The summed E-state index contributed by atoms with van der Waals surface area (Å²) in [5.41, 5.74) is 1.93. The van der Waals surface area contributed by atoms with Gasteiger partial charge in [-0.05, 0) is 74.6 Å². The number of likely N-dealkylation sites (N-methyl/N-ethyl adjacent to an activating group) is 1. The Labute approximate surface area is 223 Å². The number of carbonyl (C=O) groups excluding carboxylic acids is 2. The third kappa shape index (κ3) is 5.79. The summed E-state index contributed by atoms with van der Waals surface area (Å²) in [4.78, 5) is 30.0. The monoisotopic (exact) mass is 512 g/mol. The van der Waals surface area contributed by atoms with Crippen LogP contribution in [-0.2, 0) is 9.59 Å². The van der Waals surface area contributed by atoms with Gasteiger partial charge in [-0.2, -0.15) is 0 Å². The van der Waals surface area contributed by atoms with Gasteiger partial charge >= 0.3 is 0 Å². The molecule has 4 rings (SSSR count). The van der Waals surface area contributed by atoms with Crippen LogP contribution in [0.4, 0.5) is 0 Å². The lowest BCUT2D eigenvalue weighted by Gasteiger charge is -2.27. The molecule has 1 heterocycles. The number of nitrogens with zero attached hydrogens (tertiary/aromatic N) is 2. The fourth-order valence-corrected chi connectivity index (χ4v) is 4.40. The van der Waals surface area contributed by atoms with Crippen LogP contribution >= 0.6 is 0 Å². The number of aliphatic hydroxyl groups is 1. The minimum absolute atomic E-state index is 0.0461. The highest BCUT2D eigenvalue weighted by Gasteiger charge is 2.46. The first-order valence-electron chi connectivity index (χ1n) is 12.4. The van der Waals surface area contributed by atoms with E-state index in [1.165, 1.54) is 4.90 Å². The summed E-state index contributed by atoms with van der Waals surface area (Å²) in [6, 6.07) is 21.0. The number of rotatable bonds is 10. The highest BCUT2D eigenvalue weighted by molar-refractivity contribution is 6.46. The van der Waals surface area contributed by atoms with Crippen LogP contribution < -0.4 is 9.47 Å². The van der Waals surface area contributed by atoms with E-state index in [0.717, 1.165) is 5.56 Å². The molecule has 1 fully saturated rings. The lowest BCUT2D eigenvalue weighted by Crippen LogP contribution is -2.35. The SMILES string of the molecule is C=CCOc1ccc(/C(O)=C2\C(=O)C(=O)N(CCN(C)C)C2c2cccc(Oc3ccccc3)c2)cc1C. The van der Waals surface area contributed by atoms with Gasteiger partial charge in [0.25, 0.3) is 11.7 Å². The fraction of sp³-hybridized carbons (Fsp3) is 0.226. The van der Waals surface area contributed by atoms with Gasteiger partial charge in [0, 0.05) is 18.7 Å². The predicted molar refractivity (Wildman–Crippen MR) is 147 cm³/mol. The van der Waals surface area contributed by atoms with Crippen molar-refractivity contribution in [2.45, 2.75) is 13.0 Å².